The van der Waals surface area contributed by atoms with Crippen molar-refractivity contribution in [2.45, 2.75) is 37.8 Å². The van der Waals surface area contributed by atoms with Crippen molar-refractivity contribution in [3.63, 3.8) is 0 Å². The van der Waals surface area contributed by atoms with Gasteiger partial charge in [0, 0.05) is 20.0 Å². The van der Waals surface area contributed by atoms with E-state index < -0.39 is 28.5 Å². The van der Waals surface area contributed by atoms with E-state index >= 15 is 0 Å². The highest BCUT2D eigenvalue weighted by atomic mass is 32.2. The number of aryl methyl sites for hydroxylation is 2. The van der Waals surface area contributed by atoms with E-state index in [0.717, 1.165) is 26.6 Å². The van der Waals surface area contributed by atoms with E-state index in [9.17, 15) is 18.0 Å². The number of carbonyl (C=O) groups is 2. The minimum Gasteiger partial charge on any atom is -0.357 e. The Bertz CT molecular complexity index is 1570. The molecule has 8 heteroatoms. The number of hydrogen-bond acceptors (Lipinski definition) is 4. The number of likely N-dealkylation sites (N-methyl/N-ethyl adjacent to an activating group) is 1. The number of anilines is 1. The number of carbonyl (C=O) groups excluding carboxylic acids is 2. The van der Waals surface area contributed by atoms with Gasteiger partial charge in [-0.05, 0) is 54.8 Å². The molecule has 2 amide bonds. The molecule has 0 aliphatic carbocycles. The minimum atomic E-state index is -4.11. The Hall–Kier alpha value is -4.43. The molecular weight excluding hydrogens is 534 g/mol. The Balaban J connectivity index is 1.77. The third kappa shape index (κ3) is 7.41. The van der Waals surface area contributed by atoms with Crippen LogP contribution in [0.3, 0.4) is 0 Å². The first-order valence-electron chi connectivity index (χ1n) is 13.4. The van der Waals surface area contributed by atoms with E-state index in [1.54, 1.807) is 42.5 Å². The van der Waals surface area contributed by atoms with Crippen molar-refractivity contribution >= 4 is 27.5 Å². The standard InChI is InChI=1S/C33H35N3O4S/c1-25-17-19-30(20-18-25)41(39,40)36(29-16-10-11-26(2)21-29)24-32(37)35(23-28-14-8-5-9-15-28)31(33(38)34-3)22-27-12-6-4-7-13-27/h4-21,31H,22-24H2,1-3H3,(H,34,38)/t31-/m1/s1. The molecule has 0 unspecified atom stereocenters. The molecule has 0 aliphatic heterocycles. The van der Waals surface area contributed by atoms with Crippen molar-refractivity contribution < 1.29 is 18.0 Å². The van der Waals surface area contributed by atoms with Crippen LogP contribution in [0.4, 0.5) is 5.69 Å². The van der Waals surface area contributed by atoms with Crippen LogP contribution in [-0.2, 0) is 32.6 Å². The molecule has 0 aliphatic rings. The maximum absolute atomic E-state index is 14.2. The van der Waals surface area contributed by atoms with Crippen LogP contribution >= 0.6 is 0 Å². The lowest BCUT2D eigenvalue weighted by Crippen LogP contribution is -2.53. The van der Waals surface area contributed by atoms with Crippen molar-refractivity contribution in [1.29, 1.82) is 0 Å². The summed E-state index contributed by atoms with van der Waals surface area (Å²) in [6.07, 6.45) is 0.272. The zero-order valence-corrected chi connectivity index (χ0v) is 24.3. The van der Waals surface area contributed by atoms with Gasteiger partial charge in [0.05, 0.1) is 10.6 Å². The predicted molar refractivity (Wildman–Crippen MR) is 162 cm³/mol. The highest BCUT2D eigenvalue weighted by Gasteiger charge is 2.34. The molecule has 0 saturated carbocycles. The van der Waals surface area contributed by atoms with E-state index in [1.165, 1.54) is 11.9 Å². The smallest absolute Gasteiger partial charge is 0.264 e. The fourth-order valence-electron chi connectivity index (χ4n) is 4.65. The number of rotatable bonds is 11. The molecule has 0 bridgehead atoms. The summed E-state index contributed by atoms with van der Waals surface area (Å²) in [5.41, 5.74) is 3.86. The zero-order valence-electron chi connectivity index (χ0n) is 23.5. The van der Waals surface area contributed by atoms with E-state index in [0.29, 0.717) is 5.69 Å². The second-order valence-corrected chi connectivity index (χ2v) is 11.9. The van der Waals surface area contributed by atoms with Gasteiger partial charge in [-0.25, -0.2) is 8.42 Å². The van der Waals surface area contributed by atoms with E-state index in [1.807, 2.05) is 80.6 Å². The quantitative estimate of drug-likeness (QED) is 0.279. The lowest BCUT2D eigenvalue weighted by atomic mass is 10.0. The van der Waals surface area contributed by atoms with Crippen LogP contribution in [0.2, 0.25) is 0 Å². The topological polar surface area (TPSA) is 86.8 Å². The maximum atomic E-state index is 14.2. The van der Waals surface area contributed by atoms with Gasteiger partial charge in [0.1, 0.15) is 12.6 Å². The monoisotopic (exact) mass is 569 g/mol. The van der Waals surface area contributed by atoms with Gasteiger partial charge in [0.25, 0.3) is 10.0 Å². The second kappa shape index (κ2) is 13.3. The van der Waals surface area contributed by atoms with Gasteiger partial charge in [-0.2, -0.15) is 0 Å². The van der Waals surface area contributed by atoms with Gasteiger partial charge < -0.3 is 10.2 Å². The molecule has 4 aromatic carbocycles. The van der Waals surface area contributed by atoms with Crippen molar-refractivity contribution in [3.05, 3.63) is 131 Å². The molecule has 1 atom stereocenters. The molecule has 0 fully saturated rings. The van der Waals surface area contributed by atoms with Crippen LogP contribution in [0.15, 0.2) is 114 Å². The summed E-state index contributed by atoms with van der Waals surface area (Å²) in [6, 6.07) is 31.6. The molecule has 4 rings (SSSR count). The lowest BCUT2D eigenvalue weighted by Gasteiger charge is -2.33. The molecule has 212 valence electrons. The molecule has 1 N–H and O–H groups in total. The van der Waals surface area contributed by atoms with Crippen LogP contribution in [-0.4, -0.2) is 44.8 Å². The SMILES string of the molecule is CNC(=O)[C@@H](Cc1ccccc1)N(Cc1ccccc1)C(=O)CN(c1cccc(C)c1)S(=O)(=O)c1ccc(C)cc1. The Morgan fingerprint density at radius 2 is 1.37 bits per heavy atom. The fraction of sp³-hybridized carbons (Fsp3) is 0.212. The molecule has 0 heterocycles. The largest absolute Gasteiger partial charge is 0.357 e. The molecular formula is C33H35N3O4S. The molecule has 0 spiro atoms. The molecule has 0 saturated heterocycles. The third-order valence-electron chi connectivity index (χ3n) is 6.89. The average Bonchev–Trinajstić information content (AvgIpc) is 2.98. The summed E-state index contributed by atoms with van der Waals surface area (Å²) >= 11 is 0. The van der Waals surface area contributed by atoms with Crippen LogP contribution < -0.4 is 9.62 Å². The highest BCUT2D eigenvalue weighted by molar-refractivity contribution is 7.92. The maximum Gasteiger partial charge on any atom is 0.264 e. The second-order valence-electron chi connectivity index (χ2n) is 9.99. The fourth-order valence-corrected chi connectivity index (χ4v) is 6.06. The van der Waals surface area contributed by atoms with Crippen molar-refractivity contribution in [2.24, 2.45) is 0 Å². The summed E-state index contributed by atoms with van der Waals surface area (Å²) in [6.45, 7) is 3.40. The van der Waals surface area contributed by atoms with Gasteiger partial charge in [-0.3, -0.25) is 13.9 Å². The molecule has 4 aromatic rings. The summed E-state index contributed by atoms with van der Waals surface area (Å²) in [7, 11) is -2.58. The van der Waals surface area contributed by atoms with Crippen LogP contribution in [0.25, 0.3) is 0 Å². The van der Waals surface area contributed by atoms with E-state index in [4.69, 9.17) is 0 Å². The van der Waals surface area contributed by atoms with Gasteiger partial charge in [-0.15, -0.1) is 0 Å². The Kier molecular flexibility index (Phi) is 9.57. The highest BCUT2D eigenvalue weighted by Crippen LogP contribution is 2.26. The minimum absolute atomic E-state index is 0.0825. The summed E-state index contributed by atoms with van der Waals surface area (Å²) in [5, 5.41) is 2.70. The Morgan fingerprint density at radius 3 is 1.95 bits per heavy atom. The number of nitrogens with one attached hydrogen (secondary N) is 1. The first-order valence-corrected chi connectivity index (χ1v) is 14.9. The average molecular weight is 570 g/mol. The van der Waals surface area contributed by atoms with Crippen LogP contribution in [0.1, 0.15) is 22.3 Å². The lowest BCUT2D eigenvalue weighted by molar-refractivity contribution is -0.139. The molecule has 7 nitrogen and oxygen atoms in total. The van der Waals surface area contributed by atoms with E-state index in [-0.39, 0.29) is 23.8 Å². The molecule has 41 heavy (non-hydrogen) atoms. The number of benzene rings is 4. The van der Waals surface area contributed by atoms with Crippen molar-refractivity contribution in [2.75, 3.05) is 17.9 Å². The summed E-state index contributed by atoms with van der Waals surface area (Å²) < 4.78 is 29.1. The van der Waals surface area contributed by atoms with Gasteiger partial charge in [0.2, 0.25) is 11.8 Å². The van der Waals surface area contributed by atoms with Gasteiger partial charge in [-0.1, -0.05) is 90.5 Å². The number of amides is 2. The molecule has 0 aromatic heterocycles. The first-order chi connectivity index (χ1) is 19.7. The van der Waals surface area contributed by atoms with Gasteiger partial charge >= 0.3 is 0 Å². The van der Waals surface area contributed by atoms with Gasteiger partial charge in [0.15, 0.2) is 0 Å². The number of hydrogen-bond donors (Lipinski definition) is 1. The van der Waals surface area contributed by atoms with E-state index in [2.05, 4.69) is 5.32 Å². The van der Waals surface area contributed by atoms with Crippen LogP contribution in [0, 0.1) is 13.8 Å². The van der Waals surface area contributed by atoms with Crippen molar-refractivity contribution in [3.8, 4) is 0 Å². The molecule has 0 radical (unpaired) electrons. The van der Waals surface area contributed by atoms with Crippen LogP contribution in [0.5, 0.6) is 0 Å². The summed E-state index contributed by atoms with van der Waals surface area (Å²) in [4.78, 5) is 29.1. The predicted octanol–water partition coefficient (Wildman–Crippen LogP) is 4.88. The Labute approximate surface area is 242 Å². The number of nitrogens with zero attached hydrogens (tertiary/aromatic N) is 2. The normalized spacial score (nSPS) is 11.9. The number of sulfonamides is 1. The third-order valence-corrected chi connectivity index (χ3v) is 8.68. The zero-order chi connectivity index (χ0) is 29.4. The summed E-state index contributed by atoms with van der Waals surface area (Å²) in [5.74, 6) is -0.822. The van der Waals surface area contributed by atoms with Crippen molar-refractivity contribution in [1.82, 2.24) is 10.2 Å². The Morgan fingerprint density at radius 1 is 0.756 bits per heavy atom. The first kappa shape index (κ1) is 29.6.